The van der Waals surface area contributed by atoms with Gasteiger partial charge in [-0.05, 0) is 12.1 Å². The zero-order valence-electron chi connectivity index (χ0n) is 11.2. The van der Waals surface area contributed by atoms with Gasteiger partial charge in [0, 0.05) is 19.0 Å². The Hall–Kier alpha value is -2.83. The molecule has 1 amide bonds. The summed E-state index contributed by atoms with van der Waals surface area (Å²) in [5, 5.41) is 6.92. The molecule has 0 saturated carbocycles. The van der Waals surface area contributed by atoms with Crippen LogP contribution in [-0.4, -0.2) is 37.5 Å². The molecular formula is C14H13N5O2. The van der Waals surface area contributed by atoms with Gasteiger partial charge >= 0.3 is 0 Å². The Morgan fingerprint density at radius 2 is 2.38 bits per heavy atom. The average Bonchev–Trinajstić information content (AvgIpc) is 3.24. The molecular weight excluding hydrogens is 270 g/mol. The van der Waals surface area contributed by atoms with Crippen LogP contribution in [0.3, 0.4) is 0 Å². The SMILES string of the molecule is O=C(c1cc(-c2ccco2)[nH]n1)N1CCc2nc[nH]c2C1. The molecule has 1 aliphatic heterocycles. The maximum atomic E-state index is 12.5. The first-order valence-corrected chi connectivity index (χ1v) is 6.71. The number of aromatic nitrogens is 4. The van der Waals surface area contributed by atoms with Crippen molar-refractivity contribution < 1.29 is 9.21 Å². The van der Waals surface area contributed by atoms with E-state index in [1.165, 1.54) is 0 Å². The van der Waals surface area contributed by atoms with Gasteiger partial charge in [-0.1, -0.05) is 0 Å². The molecule has 2 N–H and O–H groups in total. The number of carbonyl (C=O) groups is 1. The molecule has 0 aromatic carbocycles. The second-order valence-electron chi connectivity index (χ2n) is 4.95. The van der Waals surface area contributed by atoms with Gasteiger partial charge in [0.25, 0.3) is 5.91 Å². The van der Waals surface area contributed by atoms with E-state index in [1.54, 1.807) is 29.6 Å². The predicted molar refractivity (Wildman–Crippen MR) is 73.3 cm³/mol. The fourth-order valence-corrected chi connectivity index (χ4v) is 2.54. The molecule has 21 heavy (non-hydrogen) atoms. The molecule has 3 aromatic heterocycles. The van der Waals surface area contributed by atoms with Crippen LogP contribution in [0.25, 0.3) is 11.5 Å². The molecule has 7 nitrogen and oxygen atoms in total. The molecule has 0 saturated heterocycles. The molecule has 0 radical (unpaired) electrons. The summed E-state index contributed by atoms with van der Waals surface area (Å²) in [6.45, 7) is 1.19. The summed E-state index contributed by atoms with van der Waals surface area (Å²) in [6.07, 6.45) is 4.02. The first kappa shape index (κ1) is 12.0. The molecule has 7 heteroatoms. The number of rotatable bonds is 2. The molecule has 106 valence electrons. The molecule has 0 fully saturated rings. The average molecular weight is 283 g/mol. The summed E-state index contributed by atoms with van der Waals surface area (Å²) in [5.41, 5.74) is 3.13. The zero-order chi connectivity index (χ0) is 14.2. The highest BCUT2D eigenvalue weighted by atomic mass is 16.3. The molecule has 0 bridgehead atoms. The highest BCUT2D eigenvalue weighted by Crippen LogP contribution is 2.20. The topological polar surface area (TPSA) is 90.8 Å². The van der Waals surface area contributed by atoms with E-state index in [4.69, 9.17) is 4.42 Å². The second kappa shape index (κ2) is 4.62. The molecule has 3 aromatic rings. The monoisotopic (exact) mass is 283 g/mol. The lowest BCUT2D eigenvalue weighted by molar-refractivity contribution is 0.0726. The Morgan fingerprint density at radius 3 is 3.24 bits per heavy atom. The largest absolute Gasteiger partial charge is 0.463 e. The van der Waals surface area contributed by atoms with Gasteiger partial charge in [-0.2, -0.15) is 5.10 Å². The van der Waals surface area contributed by atoms with Crippen LogP contribution in [0, 0.1) is 0 Å². The number of hydrogen-bond acceptors (Lipinski definition) is 4. The molecule has 0 unspecified atom stereocenters. The van der Waals surface area contributed by atoms with Crippen molar-refractivity contribution in [2.75, 3.05) is 6.54 Å². The van der Waals surface area contributed by atoms with Crippen molar-refractivity contribution in [2.24, 2.45) is 0 Å². The minimum atomic E-state index is -0.0932. The molecule has 0 spiro atoms. The number of nitrogens with zero attached hydrogens (tertiary/aromatic N) is 3. The highest BCUT2D eigenvalue weighted by molar-refractivity contribution is 5.93. The smallest absolute Gasteiger partial charge is 0.274 e. The number of hydrogen-bond donors (Lipinski definition) is 2. The Morgan fingerprint density at radius 1 is 1.43 bits per heavy atom. The fraction of sp³-hybridized carbons (Fsp3) is 0.214. The third-order valence-corrected chi connectivity index (χ3v) is 3.65. The third-order valence-electron chi connectivity index (χ3n) is 3.65. The van der Waals surface area contributed by atoms with Gasteiger partial charge in [-0.25, -0.2) is 4.98 Å². The van der Waals surface area contributed by atoms with E-state index in [0.717, 1.165) is 17.8 Å². The lowest BCUT2D eigenvalue weighted by atomic mass is 10.1. The Balaban J connectivity index is 1.56. The lowest BCUT2D eigenvalue weighted by Gasteiger charge is -2.25. The number of amides is 1. The highest BCUT2D eigenvalue weighted by Gasteiger charge is 2.25. The van der Waals surface area contributed by atoms with E-state index >= 15 is 0 Å². The Kier molecular flexibility index (Phi) is 2.63. The third kappa shape index (κ3) is 2.03. The summed E-state index contributed by atoms with van der Waals surface area (Å²) in [4.78, 5) is 21.6. The van der Waals surface area contributed by atoms with Gasteiger partial charge in [-0.3, -0.25) is 9.89 Å². The van der Waals surface area contributed by atoms with Crippen LogP contribution in [0.2, 0.25) is 0 Å². The van der Waals surface area contributed by atoms with Crippen LogP contribution < -0.4 is 0 Å². The van der Waals surface area contributed by atoms with Crippen molar-refractivity contribution in [3.05, 3.63) is 47.9 Å². The zero-order valence-corrected chi connectivity index (χ0v) is 11.2. The minimum absolute atomic E-state index is 0.0932. The molecule has 0 aliphatic carbocycles. The van der Waals surface area contributed by atoms with Gasteiger partial charge in [0.2, 0.25) is 0 Å². The number of H-pyrrole nitrogens is 2. The van der Waals surface area contributed by atoms with Gasteiger partial charge in [0.1, 0.15) is 5.69 Å². The standard InChI is InChI=1S/C14H13N5O2/c20-14(19-4-3-9-12(7-19)16-8-15-9)11-6-10(17-18-11)13-2-1-5-21-13/h1-2,5-6,8H,3-4,7H2,(H,15,16)(H,17,18). The number of nitrogens with one attached hydrogen (secondary N) is 2. The summed E-state index contributed by atoms with van der Waals surface area (Å²) < 4.78 is 5.28. The van der Waals surface area contributed by atoms with E-state index in [-0.39, 0.29) is 5.91 Å². The van der Waals surface area contributed by atoms with Crippen molar-refractivity contribution in [1.29, 1.82) is 0 Å². The van der Waals surface area contributed by atoms with E-state index in [9.17, 15) is 4.79 Å². The number of imidazole rings is 1. The van der Waals surface area contributed by atoms with Crippen molar-refractivity contribution in [2.45, 2.75) is 13.0 Å². The van der Waals surface area contributed by atoms with Crippen LogP contribution in [-0.2, 0) is 13.0 Å². The number of furan rings is 1. The van der Waals surface area contributed by atoms with Gasteiger partial charge in [-0.15, -0.1) is 0 Å². The number of carbonyl (C=O) groups excluding carboxylic acids is 1. The van der Waals surface area contributed by atoms with Crippen LogP contribution >= 0.6 is 0 Å². The van der Waals surface area contributed by atoms with E-state index in [0.29, 0.717) is 30.2 Å². The van der Waals surface area contributed by atoms with Crippen LogP contribution in [0.1, 0.15) is 21.9 Å². The quantitative estimate of drug-likeness (QED) is 0.747. The molecule has 4 heterocycles. The van der Waals surface area contributed by atoms with Crippen LogP contribution in [0.4, 0.5) is 0 Å². The van der Waals surface area contributed by atoms with E-state index < -0.39 is 0 Å². The van der Waals surface area contributed by atoms with Gasteiger partial charge in [0.05, 0.1) is 30.5 Å². The number of aromatic amines is 2. The lowest BCUT2D eigenvalue weighted by Crippen LogP contribution is -2.36. The molecule has 1 aliphatic rings. The maximum Gasteiger partial charge on any atom is 0.274 e. The van der Waals surface area contributed by atoms with Crippen molar-refractivity contribution in [1.82, 2.24) is 25.1 Å². The maximum absolute atomic E-state index is 12.5. The first-order valence-electron chi connectivity index (χ1n) is 6.71. The van der Waals surface area contributed by atoms with E-state index in [2.05, 4.69) is 20.2 Å². The van der Waals surface area contributed by atoms with Crippen LogP contribution in [0.15, 0.2) is 35.2 Å². The van der Waals surface area contributed by atoms with E-state index in [1.807, 2.05) is 6.07 Å². The van der Waals surface area contributed by atoms with Gasteiger partial charge < -0.3 is 14.3 Å². The van der Waals surface area contributed by atoms with Gasteiger partial charge in [0.15, 0.2) is 11.5 Å². The summed E-state index contributed by atoms with van der Waals surface area (Å²) in [5.74, 6) is 0.570. The fourth-order valence-electron chi connectivity index (χ4n) is 2.54. The Labute approximate surface area is 120 Å². The van der Waals surface area contributed by atoms with Crippen LogP contribution in [0.5, 0.6) is 0 Å². The number of fused-ring (bicyclic) bond motifs is 1. The van der Waals surface area contributed by atoms with Crippen molar-refractivity contribution in [3.8, 4) is 11.5 Å². The van der Waals surface area contributed by atoms with Crippen molar-refractivity contribution >= 4 is 5.91 Å². The van der Waals surface area contributed by atoms with Crippen molar-refractivity contribution in [3.63, 3.8) is 0 Å². The summed E-state index contributed by atoms with van der Waals surface area (Å²) in [6, 6.07) is 5.32. The second-order valence-corrected chi connectivity index (χ2v) is 4.95. The molecule has 0 atom stereocenters. The summed E-state index contributed by atoms with van der Waals surface area (Å²) >= 11 is 0. The molecule has 4 rings (SSSR count). The minimum Gasteiger partial charge on any atom is -0.463 e. The Bertz CT molecular complexity index is 771. The predicted octanol–water partition coefficient (Wildman–Crippen LogP) is 1.59. The first-order chi connectivity index (χ1) is 10.3. The summed E-state index contributed by atoms with van der Waals surface area (Å²) in [7, 11) is 0. The normalized spacial score (nSPS) is 14.2.